The summed E-state index contributed by atoms with van der Waals surface area (Å²) >= 11 is 0. The fourth-order valence-electron chi connectivity index (χ4n) is 2.21. The monoisotopic (exact) mass is 282 g/mol. The highest BCUT2D eigenvalue weighted by Crippen LogP contribution is 2.32. The highest BCUT2D eigenvalue weighted by Gasteiger charge is 2.30. The summed E-state index contributed by atoms with van der Waals surface area (Å²) in [5.74, 6) is 0.541. The lowest BCUT2D eigenvalue weighted by molar-refractivity contribution is 0.452. The predicted molar refractivity (Wildman–Crippen MR) is 76.3 cm³/mol. The van der Waals surface area contributed by atoms with E-state index in [0.717, 1.165) is 29.5 Å². The summed E-state index contributed by atoms with van der Waals surface area (Å²) in [6, 6.07) is 3.66. The van der Waals surface area contributed by atoms with Crippen molar-refractivity contribution in [3.63, 3.8) is 0 Å². The molecule has 0 aromatic heterocycles. The lowest BCUT2D eigenvalue weighted by Crippen LogP contribution is -2.29. The van der Waals surface area contributed by atoms with E-state index < -0.39 is 10.0 Å². The Bertz CT molecular complexity index is 577. The lowest BCUT2D eigenvalue weighted by Gasteiger charge is -2.20. The summed E-state index contributed by atoms with van der Waals surface area (Å²) in [4.78, 5) is 0.399. The molecule has 0 atom stereocenters. The van der Waals surface area contributed by atoms with Crippen LogP contribution in [0.3, 0.4) is 0 Å². The van der Waals surface area contributed by atoms with Crippen LogP contribution in [-0.2, 0) is 16.6 Å². The van der Waals surface area contributed by atoms with Gasteiger partial charge in [0.15, 0.2) is 0 Å². The quantitative estimate of drug-likeness (QED) is 0.895. The predicted octanol–water partition coefficient (Wildman–Crippen LogP) is 1.79. The van der Waals surface area contributed by atoms with E-state index in [4.69, 9.17) is 5.73 Å². The van der Waals surface area contributed by atoms with Crippen molar-refractivity contribution in [3.8, 4) is 0 Å². The number of hydrogen-bond acceptors (Lipinski definition) is 3. The topological polar surface area (TPSA) is 63.4 Å². The Morgan fingerprint density at radius 2 is 1.95 bits per heavy atom. The van der Waals surface area contributed by atoms with Crippen LogP contribution in [0.5, 0.6) is 0 Å². The van der Waals surface area contributed by atoms with Crippen LogP contribution in [0.4, 0.5) is 0 Å². The van der Waals surface area contributed by atoms with E-state index >= 15 is 0 Å². The normalized spacial score (nSPS) is 16.1. The third-order valence-electron chi connectivity index (χ3n) is 3.82. The Labute approximate surface area is 115 Å². The van der Waals surface area contributed by atoms with E-state index in [-0.39, 0.29) is 0 Å². The second-order valence-electron chi connectivity index (χ2n) is 5.47. The van der Waals surface area contributed by atoms with Crippen molar-refractivity contribution in [2.24, 2.45) is 11.7 Å². The summed E-state index contributed by atoms with van der Waals surface area (Å²) < 4.78 is 26.7. The molecule has 19 heavy (non-hydrogen) atoms. The molecule has 106 valence electrons. The number of sulfonamides is 1. The highest BCUT2D eigenvalue weighted by atomic mass is 32.2. The van der Waals surface area contributed by atoms with Crippen molar-refractivity contribution < 1.29 is 8.42 Å². The van der Waals surface area contributed by atoms with Gasteiger partial charge in [0.2, 0.25) is 10.0 Å². The van der Waals surface area contributed by atoms with E-state index in [1.807, 2.05) is 19.9 Å². The van der Waals surface area contributed by atoms with Gasteiger partial charge in [0.1, 0.15) is 0 Å². The van der Waals surface area contributed by atoms with Crippen LogP contribution in [0, 0.1) is 19.8 Å². The molecule has 0 aliphatic heterocycles. The second-order valence-corrected chi connectivity index (χ2v) is 7.48. The zero-order chi connectivity index (χ0) is 14.2. The van der Waals surface area contributed by atoms with Crippen LogP contribution in [0.25, 0.3) is 0 Å². The summed E-state index contributed by atoms with van der Waals surface area (Å²) in [5, 5.41) is 0. The molecule has 0 amide bonds. The molecule has 0 bridgehead atoms. The first-order valence-corrected chi connectivity index (χ1v) is 8.06. The van der Waals surface area contributed by atoms with E-state index in [9.17, 15) is 8.42 Å². The average molecular weight is 282 g/mol. The summed E-state index contributed by atoms with van der Waals surface area (Å²) in [7, 11) is -1.74. The van der Waals surface area contributed by atoms with E-state index in [1.165, 1.54) is 4.31 Å². The SMILES string of the molecule is Cc1cc(CN)cc(S(=O)(=O)N(C)CC2CC2)c1C. The first-order chi connectivity index (χ1) is 8.86. The largest absolute Gasteiger partial charge is 0.326 e. The molecule has 4 nitrogen and oxygen atoms in total. The van der Waals surface area contributed by atoms with Gasteiger partial charge >= 0.3 is 0 Å². The summed E-state index contributed by atoms with van der Waals surface area (Å²) in [5.41, 5.74) is 8.29. The molecule has 0 saturated heterocycles. The maximum Gasteiger partial charge on any atom is 0.243 e. The van der Waals surface area contributed by atoms with Crippen molar-refractivity contribution in [1.29, 1.82) is 0 Å². The van der Waals surface area contributed by atoms with Crippen LogP contribution in [0.2, 0.25) is 0 Å². The number of benzene rings is 1. The van der Waals surface area contributed by atoms with Crippen molar-refractivity contribution in [2.45, 2.75) is 38.1 Å². The van der Waals surface area contributed by atoms with Crippen LogP contribution < -0.4 is 5.73 Å². The van der Waals surface area contributed by atoms with Crippen LogP contribution in [0.1, 0.15) is 29.5 Å². The molecule has 5 heteroatoms. The minimum Gasteiger partial charge on any atom is -0.326 e. The molecule has 0 spiro atoms. The Kier molecular flexibility index (Phi) is 3.99. The van der Waals surface area contributed by atoms with Gasteiger partial charge in [0.05, 0.1) is 4.90 Å². The van der Waals surface area contributed by atoms with E-state index in [2.05, 4.69) is 0 Å². The molecule has 1 aromatic rings. The Hall–Kier alpha value is -0.910. The Balaban J connectivity index is 2.40. The molecule has 1 fully saturated rings. The molecule has 1 aromatic carbocycles. The third-order valence-corrected chi connectivity index (χ3v) is 5.77. The number of nitrogens with zero attached hydrogens (tertiary/aromatic N) is 1. The van der Waals surface area contributed by atoms with Gasteiger partial charge in [0, 0.05) is 20.1 Å². The summed E-state index contributed by atoms with van der Waals surface area (Å²) in [6.45, 7) is 4.76. The smallest absolute Gasteiger partial charge is 0.243 e. The van der Waals surface area contributed by atoms with E-state index in [0.29, 0.717) is 23.9 Å². The standard InChI is InChI=1S/C14H22N2O2S/c1-10-6-13(8-15)7-14(11(10)2)19(17,18)16(3)9-12-4-5-12/h6-7,12H,4-5,8-9,15H2,1-3H3. The van der Waals surface area contributed by atoms with Gasteiger partial charge < -0.3 is 5.73 Å². The second kappa shape index (κ2) is 5.23. The average Bonchev–Trinajstić information content (AvgIpc) is 3.15. The van der Waals surface area contributed by atoms with Gasteiger partial charge in [-0.15, -0.1) is 0 Å². The number of nitrogens with two attached hydrogens (primary N) is 1. The summed E-state index contributed by atoms with van der Waals surface area (Å²) in [6.07, 6.45) is 2.28. The number of rotatable bonds is 5. The first kappa shape index (κ1) is 14.5. The molecular formula is C14H22N2O2S. The molecule has 1 aliphatic rings. The Morgan fingerprint density at radius 1 is 1.32 bits per heavy atom. The maximum absolute atomic E-state index is 12.6. The molecule has 0 radical (unpaired) electrons. The third kappa shape index (κ3) is 2.99. The van der Waals surface area contributed by atoms with Crippen molar-refractivity contribution >= 4 is 10.0 Å². The number of aryl methyl sites for hydroxylation is 1. The molecule has 0 heterocycles. The molecular weight excluding hydrogens is 260 g/mol. The number of hydrogen-bond donors (Lipinski definition) is 1. The minimum atomic E-state index is -3.40. The van der Waals surface area contributed by atoms with Gasteiger partial charge in [0.25, 0.3) is 0 Å². The molecule has 1 saturated carbocycles. The fourth-order valence-corrected chi connectivity index (χ4v) is 3.81. The van der Waals surface area contributed by atoms with Gasteiger partial charge in [-0.05, 0) is 55.4 Å². The highest BCUT2D eigenvalue weighted by molar-refractivity contribution is 7.89. The molecule has 1 aliphatic carbocycles. The van der Waals surface area contributed by atoms with Crippen molar-refractivity contribution in [1.82, 2.24) is 4.31 Å². The zero-order valence-electron chi connectivity index (χ0n) is 11.8. The van der Waals surface area contributed by atoms with E-state index in [1.54, 1.807) is 13.1 Å². The first-order valence-electron chi connectivity index (χ1n) is 6.62. The van der Waals surface area contributed by atoms with Crippen LogP contribution in [0.15, 0.2) is 17.0 Å². The maximum atomic E-state index is 12.6. The zero-order valence-corrected chi connectivity index (χ0v) is 12.6. The van der Waals surface area contributed by atoms with Crippen LogP contribution in [-0.4, -0.2) is 26.3 Å². The van der Waals surface area contributed by atoms with Crippen molar-refractivity contribution in [2.75, 3.05) is 13.6 Å². The minimum absolute atomic E-state index is 0.357. The van der Waals surface area contributed by atoms with Crippen molar-refractivity contribution in [3.05, 3.63) is 28.8 Å². The van der Waals surface area contributed by atoms with Gasteiger partial charge in [-0.3, -0.25) is 0 Å². The fraction of sp³-hybridized carbons (Fsp3) is 0.571. The van der Waals surface area contributed by atoms with Crippen LogP contribution >= 0.6 is 0 Å². The van der Waals surface area contributed by atoms with Gasteiger partial charge in [-0.2, -0.15) is 0 Å². The van der Waals surface area contributed by atoms with Gasteiger partial charge in [-0.25, -0.2) is 12.7 Å². The molecule has 2 N–H and O–H groups in total. The Morgan fingerprint density at radius 3 is 2.47 bits per heavy atom. The lowest BCUT2D eigenvalue weighted by atomic mass is 10.1. The molecule has 2 rings (SSSR count). The van der Waals surface area contributed by atoms with Gasteiger partial charge in [-0.1, -0.05) is 6.07 Å². The molecule has 0 unspecified atom stereocenters.